The van der Waals surface area contributed by atoms with Gasteiger partial charge < -0.3 is 15.1 Å². The second-order valence-corrected chi connectivity index (χ2v) is 11.5. The maximum atomic E-state index is 5.34. The van der Waals surface area contributed by atoms with Crippen LogP contribution in [-0.4, -0.2) is 34.5 Å². The number of rotatable bonds is 6. The largest absolute Gasteiger partial charge is 0.372 e. The molecule has 2 aliphatic rings. The molecule has 2 aliphatic heterocycles. The van der Waals surface area contributed by atoms with E-state index in [0.717, 1.165) is 68.8 Å². The van der Waals surface area contributed by atoms with Crippen LogP contribution in [0, 0.1) is 6.92 Å². The summed E-state index contributed by atoms with van der Waals surface area (Å²) >= 11 is 3.72. The van der Waals surface area contributed by atoms with Crippen LogP contribution >= 0.6 is 15.9 Å². The van der Waals surface area contributed by atoms with Crippen LogP contribution in [-0.2, 0) is 0 Å². The smallest absolute Gasteiger partial charge is 0.179 e. The van der Waals surface area contributed by atoms with Crippen molar-refractivity contribution in [2.45, 2.75) is 26.8 Å². The minimum absolute atomic E-state index is 0.170. The Hall–Kier alpha value is -4.69. The molecule has 43 heavy (non-hydrogen) atoms. The first-order valence-corrected chi connectivity index (χ1v) is 15.4. The fourth-order valence-electron chi connectivity index (χ4n) is 6.02. The van der Waals surface area contributed by atoms with Crippen molar-refractivity contribution < 1.29 is 0 Å². The summed E-state index contributed by atoms with van der Waals surface area (Å²) in [6, 6.07) is 35.3. The third kappa shape index (κ3) is 4.81. The van der Waals surface area contributed by atoms with E-state index in [1.807, 2.05) is 28.9 Å². The Morgan fingerprint density at radius 3 is 2.33 bits per heavy atom. The van der Waals surface area contributed by atoms with Crippen LogP contribution in [0.15, 0.2) is 118 Å². The lowest BCUT2D eigenvalue weighted by molar-refractivity contribution is 0.815. The Bertz CT molecular complexity index is 1850. The number of aryl methyl sites for hydroxylation is 1. The number of aliphatic imine (C=N–C) groups is 2. The molecular formula is C35H32BrN7. The molecule has 8 heteroatoms. The van der Waals surface area contributed by atoms with E-state index in [1.54, 1.807) is 0 Å². The number of para-hydroxylation sites is 3. The third-order valence-electron chi connectivity index (χ3n) is 8.06. The van der Waals surface area contributed by atoms with Crippen molar-refractivity contribution in [2.75, 3.05) is 28.2 Å². The standard InChI is InChI=1S/C35H32BrN7/c1-4-41(5-2)27-20-18-26(19-21-27)37-33-35-39-34-31(23(3)40-43(34)28-14-7-6-8-15-28)32(24-12-11-13-25(36)22-24)42(35)30-17-10-9-16-29(30)38-33/h6-22,32H,4-5H2,1-3H3,(H,37,38). The number of hydrogen-bond acceptors (Lipinski definition) is 6. The molecule has 1 atom stereocenters. The highest BCUT2D eigenvalue weighted by Crippen LogP contribution is 2.48. The lowest BCUT2D eigenvalue weighted by Crippen LogP contribution is -2.46. The number of benzene rings is 4. The minimum atomic E-state index is -0.170. The van der Waals surface area contributed by atoms with Crippen molar-refractivity contribution in [2.24, 2.45) is 9.98 Å². The van der Waals surface area contributed by atoms with Gasteiger partial charge in [-0.3, -0.25) is 0 Å². The fraction of sp³-hybridized carbons (Fsp3) is 0.171. The van der Waals surface area contributed by atoms with E-state index < -0.39 is 0 Å². The summed E-state index contributed by atoms with van der Waals surface area (Å²) in [4.78, 5) is 15.1. The molecule has 0 radical (unpaired) electrons. The molecular weight excluding hydrogens is 598 g/mol. The van der Waals surface area contributed by atoms with Crippen molar-refractivity contribution in [3.05, 3.63) is 124 Å². The normalized spacial score (nSPS) is 15.2. The van der Waals surface area contributed by atoms with Gasteiger partial charge in [-0.25, -0.2) is 14.7 Å². The quantitative estimate of drug-likeness (QED) is 0.204. The van der Waals surface area contributed by atoms with Gasteiger partial charge in [0.25, 0.3) is 0 Å². The highest BCUT2D eigenvalue weighted by molar-refractivity contribution is 9.10. The number of hydrogen-bond donors (Lipinski definition) is 1. The molecule has 5 aromatic rings. The lowest BCUT2D eigenvalue weighted by atomic mass is 9.93. The topological polar surface area (TPSA) is 61.0 Å². The van der Waals surface area contributed by atoms with Gasteiger partial charge in [0.1, 0.15) is 0 Å². The first-order valence-electron chi connectivity index (χ1n) is 14.6. The van der Waals surface area contributed by atoms with E-state index >= 15 is 0 Å². The summed E-state index contributed by atoms with van der Waals surface area (Å²) in [6.45, 7) is 8.36. The predicted octanol–water partition coefficient (Wildman–Crippen LogP) is 8.58. The van der Waals surface area contributed by atoms with Crippen molar-refractivity contribution in [1.29, 1.82) is 0 Å². The van der Waals surface area contributed by atoms with Gasteiger partial charge in [0, 0.05) is 34.5 Å². The van der Waals surface area contributed by atoms with Gasteiger partial charge in [-0.05, 0) is 87.0 Å². The minimum Gasteiger partial charge on any atom is -0.372 e. The molecule has 7 nitrogen and oxygen atoms in total. The molecule has 1 unspecified atom stereocenters. The number of amidine groups is 2. The zero-order valence-corrected chi connectivity index (χ0v) is 26.0. The first-order chi connectivity index (χ1) is 21.1. The van der Waals surface area contributed by atoms with Crippen LogP contribution in [0.5, 0.6) is 0 Å². The highest BCUT2D eigenvalue weighted by Gasteiger charge is 2.41. The first kappa shape index (κ1) is 27.2. The molecule has 0 spiro atoms. The Kier molecular flexibility index (Phi) is 7.07. The highest BCUT2D eigenvalue weighted by atomic mass is 79.9. The molecule has 3 heterocycles. The SMILES string of the molecule is CCN(CC)c1ccc(NC2=Nc3ccccc3N3C2=Nc2c(c(C)nn2-c2ccccc2)C3c2cccc(Br)c2)cc1. The Morgan fingerprint density at radius 1 is 0.837 bits per heavy atom. The van der Waals surface area contributed by atoms with Crippen LogP contribution < -0.4 is 15.1 Å². The van der Waals surface area contributed by atoms with Crippen molar-refractivity contribution in [3.8, 4) is 5.69 Å². The van der Waals surface area contributed by atoms with E-state index in [1.165, 1.54) is 5.69 Å². The number of nitrogens with zero attached hydrogens (tertiary/aromatic N) is 6. The summed E-state index contributed by atoms with van der Waals surface area (Å²) in [5, 5.41) is 8.66. The lowest BCUT2D eigenvalue weighted by Gasteiger charge is -2.40. The molecule has 0 saturated carbocycles. The van der Waals surface area contributed by atoms with Crippen LogP contribution in [0.2, 0.25) is 0 Å². The molecule has 4 aromatic carbocycles. The van der Waals surface area contributed by atoms with Crippen molar-refractivity contribution in [3.63, 3.8) is 0 Å². The number of halogens is 1. The van der Waals surface area contributed by atoms with E-state index in [2.05, 4.69) is 131 Å². The average Bonchev–Trinajstić information content (AvgIpc) is 3.37. The number of fused-ring (bicyclic) bond motifs is 4. The molecule has 214 valence electrons. The van der Waals surface area contributed by atoms with Gasteiger partial charge in [0.05, 0.1) is 28.8 Å². The van der Waals surface area contributed by atoms with Gasteiger partial charge in [0.2, 0.25) is 0 Å². The van der Waals surface area contributed by atoms with E-state index in [9.17, 15) is 0 Å². The zero-order valence-electron chi connectivity index (χ0n) is 24.4. The number of nitrogens with one attached hydrogen (secondary N) is 1. The molecule has 0 saturated heterocycles. The predicted molar refractivity (Wildman–Crippen MR) is 181 cm³/mol. The molecule has 0 fully saturated rings. The summed E-state index contributed by atoms with van der Waals surface area (Å²) in [6.07, 6.45) is 0. The van der Waals surface area contributed by atoms with Crippen molar-refractivity contribution in [1.82, 2.24) is 9.78 Å². The monoisotopic (exact) mass is 629 g/mol. The second kappa shape index (κ2) is 11.2. The number of aromatic nitrogens is 2. The summed E-state index contributed by atoms with van der Waals surface area (Å²) < 4.78 is 2.98. The molecule has 7 rings (SSSR count). The molecule has 0 amide bonds. The van der Waals surface area contributed by atoms with Gasteiger partial charge in [-0.1, -0.05) is 58.4 Å². The van der Waals surface area contributed by atoms with Crippen LogP contribution in [0.25, 0.3) is 5.69 Å². The Morgan fingerprint density at radius 2 is 1.58 bits per heavy atom. The van der Waals surface area contributed by atoms with E-state index in [0.29, 0.717) is 5.84 Å². The van der Waals surface area contributed by atoms with Gasteiger partial charge in [-0.15, -0.1) is 0 Å². The van der Waals surface area contributed by atoms with E-state index in [-0.39, 0.29) is 6.04 Å². The average molecular weight is 631 g/mol. The Balaban J connectivity index is 1.42. The third-order valence-corrected chi connectivity index (χ3v) is 8.56. The van der Waals surface area contributed by atoms with Crippen LogP contribution in [0.1, 0.15) is 36.7 Å². The van der Waals surface area contributed by atoms with Crippen LogP contribution in [0.3, 0.4) is 0 Å². The maximum absolute atomic E-state index is 5.34. The van der Waals surface area contributed by atoms with Crippen LogP contribution in [0.4, 0.5) is 28.6 Å². The zero-order chi connectivity index (χ0) is 29.5. The fourth-order valence-corrected chi connectivity index (χ4v) is 6.44. The van der Waals surface area contributed by atoms with Gasteiger partial charge in [0.15, 0.2) is 17.5 Å². The molecule has 1 N–H and O–H groups in total. The summed E-state index contributed by atoms with van der Waals surface area (Å²) in [5.74, 6) is 2.25. The Labute approximate surface area is 260 Å². The molecule has 0 aliphatic carbocycles. The summed E-state index contributed by atoms with van der Waals surface area (Å²) in [5.41, 5.74) is 8.16. The molecule has 1 aromatic heterocycles. The van der Waals surface area contributed by atoms with Gasteiger partial charge >= 0.3 is 0 Å². The maximum Gasteiger partial charge on any atom is 0.179 e. The second-order valence-electron chi connectivity index (χ2n) is 10.6. The number of anilines is 3. The van der Waals surface area contributed by atoms with Crippen molar-refractivity contribution >= 4 is 56.2 Å². The van der Waals surface area contributed by atoms with E-state index in [4.69, 9.17) is 15.1 Å². The molecule has 0 bridgehead atoms. The van der Waals surface area contributed by atoms with Gasteiger partial charge in [-0.2, -0.15) is 5.10 Å². The summed E-state index contributed by atoms with van der Waals surface area (Å²) in [7, 11) is 0.